The summed E-state index contributed by atoms with van der Waals surface area (Å²) in [4.78, 5) is 24.0. The van der Waals surface area contributed by atoms with Crippen LogP contribution in [0.4, 0.5) is 15.5 Å². The van der Waals surface area contributed by atoms with Gasteiger partial charge in [-0.3, -0.25) is 5.32 Å². The largest absolute Gasteiger partial charge is 0.478 e. The summed E-state index contributed by atoms with van der Waals surface area (Å²) in [6, 6.07) is 7.84. The fourth-order valence-corrected chi connectivity index (χ4v) is 2.85. The quantitative estimate of drug-likeness (QED) is 0.784. The van der Waals surface area contributed by atoms with Gasteiger partial charge in [-0.05, 0) is 24.6 Å². The van der Waals surface area contributed by atoms with Gasteiger partial charge < -0.3 is 10.4 Å². The number of nitrogens with one attached hydrogen (secondary N) is 2. The zero-order valence-electron chi connectivity index (χ0n) is 11.1. The highest BCUT2D eigenvalue weighted by Crippen LogP contribution is 2.29. The molecule has 0 unspecified atom stereocenters. The molecule has 3 N–H and O–H groups in total. The molecule has 0 aliphatic heterocycles. The van der Waals surface area contributed by atoms with Gasteiger partial charge in [0.05, 0.1) is 16.3 Å². The summed E-state index contributed by atoms with van der Waals surface area (Å²) in [6.45, 7) is 1.92. The van der Waals surface area contributed by atoms with Gasteiger partial charge in [0.1, 0.15) is 5.00 Å². The molecule has 0 aliphatic rings. The molecule has 0 radical (unpaired) electrons. The van der Waals surface area contributed by atoms with Crippen molar-refractivity contribution in [1.82, 2.24) is 0 Å². The molecule has 1 aromatic heterocycles. The molecule has 2 rings (SSSR count). The Morgan fingerprint density at radius 1 is 1.29 bits per heavy atom. The van der Waals surface area contributed by atoms with Crippen molar-refractivity contribution in [2.75, 3.05) is 10.6 Å². The number of anilines is 2. The van der Waals surface area contributed by atoms with Crippen molar-refractivity contribution in [3.63, 3.8) is 0 Å². The lowest BCUT2D eigenvalue weighted by molar-refractivity contribution is 0.0698. The highest BCUT2D eigenvalue weighted by atomic mass is 35.5. The van der Waals surface area contributed by atoms with E-state index in [9.17, 15) is 9.59 Å². The monoisotopic (exact) mass is 324 g/mol. The lowest BCUT2D eigenvalue weighted by atomic mass is 10.2. The van der Waals surface area contributed by atoms with E-state index in [1.54, 1.807) is 30.3 Å². The maximum absolute atomic E-state index is 11.9. The zero-order valence-corrected chi connectivity index (χ0v) is 12.7. The molecule has 0 atom stereocenters. The lowest BCUT2D eigenvalue weighted by Crippen LogP contribution is -2.20. The van der Waals surface area contributed by atoms with Crippen molar-refractivity contribution in [3.05, 3.63) is 45.8 Å². The van der Waals surface area contributed by atoms with E-state index in [2.05, 4.69) is 10.6 Å². The number of aromatic carboxylic acids is 1. The number of thiophene rings is 1. The Morgan fingerprint density at radius 2 is 2.00 bits per heavy atom. The number of hydrogen-bond donors (Lipinski definition) is 3. The number of benzene rings is 1. The molecule has 110 valence electrons. The number of hydrogen-bond acceptors (Lipinski definition) is 3. The summed E-state index contributed by atoms with van der Waals surface area (Å²) in [5, 5.41) is 15.0. The van der Waals surface area contributed by atoms with Crippen LogP contribution in [0.3, 0.4) is 0 Å². The smallest absolute Gasteiger partial charge is 0.338 e. The Kier molecular flexibility index (Phi) is 4.82. The molecule has 7 heteroatoms. The molecule has 5 nitrogen and oxygen atoms in total. The third-order valence-electron chi connectivity index (χ3n) is 2.71. The predicted octanol–water partition coefficient (Wildman–Crippen LogP) is 4.31. The Bertz CT molecular complexity index is 685. The van der Waals surface area contributed by atoms with Gasteiger partial charge in [0.25, 0.3) is 0 Å². The number of urea groups is 1. The minimum atomic E-state index is -1.07. The van der Waals surface area contributed by atoms with Crippen LogP contribution in [0.15, 0.2) is 30.3 Å². The number of amides is 2. The average molecular weight is 325 g/mol. The molecule has 1 aromatic carbocycles. The van der Waals surface area contributed by atoms with Gasteiger partial charge >= 0.3 is 12.0 Å². The second-order valence-electron chi connectivity index (χ2n) is 4.17. The van der Waals surface area contributed by atoms with Crippen molar-refractivity contribution in [2.45, 2.75) is 13.3 Å². The van der Waals surface area contributed by atoms with Crippen LogP contribution in [-0.2, 0) is 6.42 Å². The number of para-hydroxylation sites is 1. The molecule has 1 heterocycles. The fourth-order valence-electron chi connectivity index (χ4n) is 1.69. The second-order valence-corrected chi connectivity index (χ2v) is 5.72. The maximum atomic E-state index is 11.9. The van der Waals surface area contributed by atoms with Crippen LogP contribution in [0, 0.1) is 0 Å². The van der Waals surface area contributed by atoms with Crippen molar-refractivity contribution in [1.29, 1.82) is 0 Å². The highest BCUT2D eigenvalue weighted by molar-refractivity contribution is 7.16. The Morgan fingerprint density at radius 3 is 2.62 bits per heavy atom. The Balaban J connectivity index is 2.14. The highest BCUT2D eigenvalue weighted by Gasteiger charge is 2.17. The second kappa shape index (κ2) is 6.60. The van der Waals surface area contributed by atoms with Gasteiger partial charge in [-0.2, -0.15) is 0 Å². The standard InChI is InChI=1S/C14H13ClN2O3S/c1-2-8-7-9(13(18)19)12(21-8)17-14(20)16-11-6-4-3-5-10(11)15/h3-7H,2H2,1H3,(H,18,19)(H2,16,17,20). The molecule has 0 aliphatic carbocycles. The van der Waals surface area contributed by atoms with Crippen molar-refractivity contribution in [2.24, 2.45) is 0 Å². The van der Waals surface area contributed by atoms with Crippen LogP contribution in [0.1, 0.15) is 22.2 Å². The summed E-state index contributed by atoms with van der Waals surface area (Å²) in [6.07, 6.45) is 0.707. The number of rotatable bonds is 4. The van der Waals surface area contributed by atoms with E-state index < -0.39 is 12.0 Å². The van der Waals surface area contributed by atoms with Crippen molar-refractivity contribution < 1.29 is 14.7 Å². The SMILES string of the molecule is CCc1cc(C(=O)O)c(NC(=O)Nc2ccccc2Cl)s1. The van der Waals surface area contributed by atoms with Crippen LogP contribution >= 0.6 is 22.9 Å². The maximum Gasteiger partial charge on any atom is 0.338 e. The van der Waals surface area contributed by atoms with Gasteiger partial charge in [-0.15, -0.1) is 11.3 Å². The minimum Gasteiger partial charge on any atom is -0.478 e. The van der Waals surface area contributed by atoms with Crippen LogP contribution in [-0.4, -0.2) is 17.1 Å². The summed E-state index contributed by atoms with van der Waals surface area (Å²) in [5.41, 5.74) is 0.548. The Labute approximate surface area is 130 Å². The van der Waals surface area contributed by atoms with Crippen LogP contribution in [0.5, 0.6) is 0 Å². The first-order chi connectivity index (χ1) is 10.0. The van der Waals surface area contributed by atoms with Crippen LogP contribution < -0.4 is 10.6 Å². The number of carbonyl (C=O) groups is 2. The molecule has 0 spiro atoms. The number of carboxylic acid groups (broad SMARTS) is 1. The normalized spacial score (nSPS) is 10.2. The fraction of sp³-hybridized carbons (Fsp3) is 0.143. The molecular weight excluding hydrogens is 312 g/mol. The molecule has 0 saturated carbocycles. The van der Waals surface area contributed by atoms with Crippen LogP contribution in [0.25, 0.3) is 0 Å². The van der Waals surface area contributed by atoms with Crippen molar-refractivity contribution >= 4 is 45.6 Å². The van der Waals surface area contributed by atoms with Crippen LogP contribution in [0.2, 0.25) is 5.02 Å². The van der Waals surface area contributed by atoms with Gasteiger partial charge in [0, 0.05) is 4.88 Å². The number of carbonyl (C=O) groups excluding carboxylic acids is 1. The van der Waals surface area contributed by atoms with E-state index in [0.717, 1.165) is 4.88 Å². The summed E-state index contributed by atoms with van der Waals surface area (Å²) in [7, 11) is 0. The summed E-state index contributed by atoms with van der Waals surface area (Å²) < 4.78 is 0. The topological polar surface area (TPSA) is 78.4 Å². The molecule has 0 bridgehead atoms. The first-order valence-electron chi connectivity index (χ1n) is 6.19. The first-order valence-corrected chi connectivity index (χ1v) is 7.39. The van der Waals surface area contributed by atoms with E-state index in [1.165, 1.54) is 11.3 Å². The Hall–Kier alpha value is -2.05. The molecule has 2 amide bonds. The minimum absolute atomic E-state index is 0.0890. The number of halogens is 1. The zero-order chi connectivity index (χ0) is 15.4. The van der Waals surface area contributed by atoms with E-state index >= 15 is 0 Å². The van der Waals surface area contributed by atoms with Gasteiger partial charge in [0.15, 0.2) is 0 Å². The average Bonchev–Trinajstić information content (AvgIpc) is 2.84. The number of carboxylic acids is 1. The summed E-state index contributed by atoms with van der Waals surface area (Å²) >= 11 is 7.19. The van der Waals surface area contributed by atoms with Crippen molar-refractivity contribution in [3.8, 4) is 0 Å². The van der Waals surface area contributed by atoms with Gasteiger partial charge in [0.2, 0.25) is 0 Å². The third-order valence-corrected chi connectivity index (χ3v) is 4.24. The van der Waals surface area contributed by atoms with Gasteiger partial charge in [-0.25, -0.2) is 9.59 Å². The van der Waals surface area contributed by atoms with E-state index in [0.29, 0.717) is 22.1 Å². The molecule has 0 fully saturated rings. The molecule has 0 saturated heterocycles. The van der Waals surface area contributed by atoms with E-state index in [1.807, 2.05) is 6.92 Å². The van der Waals surface area contributed by atoms with Gasteiger partial charge in [-0.1, -0.05) is 30.7 Å². The lowest BCUT2D eigenvalue weighted by Gasteiger charge is -2.08. The summed E-state index contributed by atoms with van der Waals surface area (Å²) in [5.74, 6) is -1.07. The van der Waals surface area contributed by atoms with E-state index in [4.69, 9.17) is 16.7 Å². The predicted molar refractivity (Wildman–Crippen MR) is 84.7 cm³/mol. The number of aryl methyl sites for hydroxylation is 1. The molecular formula is C14H13ClN2O3S. The first kappa shape index (κ1) is 15.3. The van der Waals surface area contributed by atoms with E-state index in [-0.39, 0.29) is 5.56 Å². The third kappa shape index (κ3) is 3.74. The molecule has 21 heavy (non-hydrogen) atoms. The molecule has 2 aromatic rings.